The van der Waals surface area contributed by atoms with Crippen molar-refractivity contribution < 1.29 is 24.1 Å². The predicted octanol–water partition coefficient (Wildman–Crippen LogP) is 3.65. The van der Waals surface area contributed by atoms with E-state index >= 15 is 0 Å². The Kier molecular flexibility index (Phi) is 4.15. The number of benzene rings is 2. The van der Waals surface area contributed by atoms with E-state index in [2.05, 4.69) is 4.98 Å². The number of nitrogens with zero attached hydrogens (tertiary/aromatic N) is 2. The van der Waals surface area contributed by atoms with Gasteiger partial charge in [-0.1, -0.05) is 12.1 Å². The van der Waals surface area contributed by atoms with E-state index in [4.69, 9.17) is 4.74 Å². The summed E-state index contributed by atoms with van der Waals surface area (Å²) < 4.78 is 19.5. The van der Waals surface area contributed by atoms with Crippen LogP contribution in [-0.2, 0) is 18.2 Å². The lowest BCUT2D eigenvalue weighted by Crippen LogP contribution is -2.04. The van der Waals surface area contributed by atoms with E-state index < -0.39 is 5.97 Å². The van der Waals surface area contributed by atoms with Gasteiger partial charge in [-0.25, -0.2) is 9.18 Å². The number of esters is 1. The molecule has 0 aliphatic carbocycles. The lowest BCUT2D eigenvalue weighted by Gasteiger charge is -2.11. The fourth-order valence-corrected chi connectivity index (χ4v) is 3.45. The molecule has 2 heterocycles. The monoisotopic (exact) mass is 380 g/mol. The van der Waals surface area contributed by atoms with Crippen LogP contribution in [0.25, 0.3) is 21.7 Å². The molecule has 2 aromatic carbocycles. The van der Waals surface area contributed by atoms with Crippen LogP contribution in [0.3, 0.4) is 0 Å². The maximum atomic E-state index is 13.1. The molecule has 0 aliphatic rings. The van der Waals surface area contributed by atoms with Gasteiger partial charge in [0.2, 0.25) is 5.88 Å². The van der Waals surface area contributed by atoms with Gasteiger partial charge in [0.1, 0.15) is 11.3 Å². The Balaban J connectivity index is 1.97. The number of fused-ring (bicyclic) bond motifs is 2. The van der Waals surface area contributed by atoms with Gasteiger partial charge in [-0.3, -0.25) is 4.98 Å². The number of aromatic hydroxyl groups is 2. The number of pyridine rings is 1. The zero-order chi connectivity index (χ0) is 20.0. The van der Waals surface area contributed by atoms with Crippen molar-refractivity contribution in [2.45, 2.75) is 6.42 Å². The number of hydrogen-bond acceptors (Lipinski definition) is 5. The molecule has 28 heavy (non-hydrogen) atoms. The highest BCUT2D eigenvalue weighted by molar-refractivity contribution is 6.20. The third-order valence-corrected chi connectivity index (χ3v) is 4.80. The van der Waals surface area contributed by atoms with Crippen LogP contribution in [-0.4, -0.2) is 32.8 Å². The first-order valence-electron chi connectivity index (χ1n) is 8.55. The Labute approximate surface area is 159 Å². The summed E-state index contributed by atoms with van der Waals surface area (Å²) in [6.45, 7) is 0. The summed E-state index contributed by atoms with van der Waals surface area (Å²) in [4.78, 5) is 16.8. The third kappa shape index (κ3) is 2.72. The number of carbonyl (C=O) groups excluding carboxylic acids is 1. The molecule has 0 radical (unpaired) electrons. The maximum absolute atomic E-state index is 13.1. The molecule has 4 aromatic rings. The molecule has 0 saturated heterocycles. The molecule has 7 heteroatoms. The van der Waals surface area contributed by atoms with Gasteiger partial charge in [-0.15, -0.1) is 0 Å². The van der Waals surface area contributed by atoms with Gasteiger partial charge in [0.15, 0.2) is 5.75 Å². The van der Waals surface area contributed by atoms with Crippen molar-refractivity contribution in [3.8, 4) is 11.6 Å². The molecule has 2 aromatic heterocycles. The number of ether oxygens (including phenoxy) is 1. The molecule has 142 valence electrons. The molecule has 0 aliphatic heterocycles. The van der Waals surface area contributed by atoms with Gasteiger partial charge in [0.25, 0.3) is 0 Å². The number of aryl methyl sites for hydroxylation is 1. The number of methoxy groups -OCH3 is 1. The summed E-state index contributed by atoms with van der Waals surface area (Å²) in [6, 6.07) is 7.87. The summed E-state index contributed by atoms with van der Waals surface area (Å²) in [7, 11) is 2.87. The summed E-state index contributed by atoms with van der Waals surface area (Å²) in [6.07, 6.45) is 3.61. The van der Waals surface area contributed by atoms with E-state index in [1.165, 1.54) is 23.8 Å². The van der Waals surface area contributed by atoms with Crippen LogP contribution in [0.1, 0.15) is 21.5 Å². The number of aromatic nitrogens is 2. The van der Waals surface area contributed by atoms with Gasteiger partial charge in [0, 0.05) is 30.2 Å². The number of phenols is 1. The fourth-order valence-electron chi connectivity index (χ4n) is 3.45. The van der Waals surface area contributed by atoms with Crippen LogP contribution in [0.2, 0.25) is 0 Å². The second-order valence-corrected chi connectivity index (χ2v) is 6.61. The Bertz CT molecular complexity index is 1230. The zero-order valence-corrected chi connectivity index (χ0v) is 15.2. The third-order valence-electron chi connectivity index (χ3n) is 4.80. The number of hydrogen-bond donors (Lipinski definition) is 2. The summed E-state index contributed by atoms with van der Waals surface area (Å²) in [5.41, 5.74) is 2.07. The van der Waals surface area contributed by atoms with Crippen LogP contribution in [0.5, 0.6) is 11.6 Å². The van der Waals surface area contributed by atoms with Gasteiger partial charge in [-0.05, 0) is 35.7 Å². The highest BCUT2D eigenvalue weighted by atomic mass is 19.1. The Morgan fingerprint density at radius 2 is 1.89 bits per heavy atom. The van der Waals surface area contributed by atoms with E-state index in [1.807, 2.05) is 0 Å². The first kappa shape index (κ1) is 17.8. The SMILES string of the molecule is COC(=O)c1c2cc(Cc3ccc(F)cc3)cnc2c(O)c2c(O)n(C)cc12. The zero-order valence-electron chi connectivity index (χ0n) is 15.2. The minimum atomic E-state index is -0.596. The molecule has 0 bridgehead atoms. The average Bonchev–Trinajstić information content (AvgIpc) is 2.98. The van der Waals surface area contributed by atoms with Crippen LogP contribution < -0.4 is 0 Å². The molecule has 0 fully saturated rings. The Hall–Kier alpha value is -3.61. The van der Waals surface area contributed by atoms with E-state index in [-0.39, 0.29) is 33.9 Å². The molecule has 0 atom stereocenters. The van der Waals surface area contributed by atoms with Gasteiger partial charge in [-0.2, -0.15) is 0 Å². The van der Waals surface area contributed by atoms with Crippen LogP contribution >= 0.6 is 0 Å². The summed E-state index contributed by atoms with van der Waals surface area (Å²) >= 11 is 0. The van der Waals surface area contributed by atoms with E-state index in [9.17, 15) is 19.4 Å². The smallest absolute Gasteiger partial charge is 0.339 e. The van der Waals surface area contributed by atoms with E-state index in [1.54, 1.807) is 37.6 Å². The first-order valence-corrected chi connectivity index (χ1v) is 8.55. The van der Waals surface area contributed by atoms with Crippen LogP contribution in [0.4, 0.5) is 4.39 Å². The van der Waals surface area contributed by atoms with Gasteiger partial charge < -0.3 is 19.5 Å². The molecule has 2 N–H and O–H groups in total. The lowest BCUT2D eigenvalue weighted by molar-refractivity contribution is 0.0605. The highest BCUT2D eigenvalue weighted by Crippen LogP contribution is 2.42. The number of phenolic OH excluding ortho intramolecular Hbond substituents is 1. The molecular formula is C21H17FN2O4. The van der Waals surface area contributed by atoms with Crippen LogP contribution in [0, 0.1) is 5.82 Å². The lowest BCUT2D eigenvalue weighted by atomic mass is 9.98. The number of carbonyl (C=O) groups is 1. The predicted molar refractivity (Wildman–Crippen MR) is 102 cm³/mol. The van der Waals surface area contributed by atoms with Gasteiger partial charge in [0.05, 0.1) is 18.1 Å². The topological polar surface area (TPSA) is 84.6 Å². The molecule has 0 spiro atoms. The Morgan fingerprint density at radius 1 is 1.18 bits per heavy atom. The van der Waals surface area contributed by atoms with Crippen molar-refractivity contribution in [1.29, 1.82) is 0 Å². The van der Waals surface area contributed by atoms with Crippen molar-refractivity contribution >= 4 is 27.6 Å². The van der Waals surface area contributed by atoms with Crippen molar-refractivity contribution in [3.05, 3.63) is 65.2 Å². The van der Waals surface area contributed by atoms with E-state index in [0.717, 1.165) is 11.1 Å². The quantitative estimate of drug-likeness (QED) is 0.530. The first-order chi connectivity index (χ1) is 13.4. The second kappa shape index (κ2) is 6.53. The van der Waals surface area contributed by atoms with E-state index in [0.29, 0.717) is 17.2 Å². The minimum Gasteiger partial charge on any atom is -0.505 e. The Morgan fingerprint density at radius 3 is 2.57 bits per heavy atom. The molecule has 0 amide bonds. The molecular weight excluding hydrogens is 363 g/mol. The number of rotatable bonds is 3. The molecule has 6 nitrogen and oxygen atoms in total. The van der Waals surface area contributed by atoms with Crippen molar-refractivity contribution in [2.75, 3.05) is 7.11 Å². The normalized spacial score (nSPS) is 11.2. The summed E-state index contributed by atoms with van der Waals surface area (Å²) in [5.74, 6) is -1.29. The van der Waals surface area contributed by atoms with Crippen molar-refractivity contribution in [1.82, 2.24) is 9.55 Å². The fraction of sp³-hybridized carbons (Fsp3) is 0.143. The largest absolute Gasteiger partial charge is 0.505 e. The standard InChI is InChI=1S/C21H17FN2O4/c1-24-10-15-16(21(27)28-2)14-8-12(7-11-3-5-13(22)6-4-11)9-23-18(14)19(25)17(15)20(24)26/h3-6,8-10,25-26H,7H2,1-2H3. The van der Waals surface area contributed by atoms with Crippen LogP contribution in [0.15, 0.2) is 42.7 Å². The maximum Gasteiger partial charge on any atom is 0.339 e. The highest BCUT2D eigenvalue weighted by Gasteiger charge is 2.24. The average molecular weight is 380 g/mol. The summed E-state index contributed by atoms with van der Waals surface area (Å²) in [5, 5.41) is 21.9. The molecule has 4 rings (SSSR count). The minimum absolute atomic E-state index is 0.147. The van der Waals surface area contributed by atoms with Crippen molar-refractivity contribution in [2.24, 2.45) is 7.05 Å². The second-order valence-electron chi connectivity index (χ2n) is 6.61. The van der Waals surface area contributed by atoms with Crippen molar-refractivity contribution in [3.63, 3.8) is 0 Å². The molecule has 0 unspecified atom stereocenters. The molecule has 0 saturated carbocycles. The number of halogens is 1. The van der Waals surface area contributed by atoms with Gasteiger partial charge >= 0.3 is 5.97 Å².